The number of hydrogen-bond donors (Lipinski definition) is 1. The highest BCUT2D eigenvalue weighted by Crippen LogP contribution is 2.16. The van der Waals surface area contributed by atoms with Crippen molar-refractivity contribution in [1.29, 1.82) is 0 Å². The highest BCUT2D eigenvalue weighted by atomic mass is 16.5. The lowest BCUT2D eigenvalue weighted by atomic mass is 10.3. The van der Waals surface area contributed by atoms with Gasteiger partial charge in [-0.15, -0.1) is 0 Å². The standard InChI is InChI=1S/C9H10N2O2/c1-13-9-4-2-8(3-5-9)11(10)6-7-12/h2-6H,10H2,1H3. The van der Waals surface area contributed by atoms with Crippen LogP contribution in [0.4, 0.5) is 5.69 Å². The highest BCUT2D eigenvalue weighted by Gasteiger charge is 1.97. The Morgan fingerprint density at radius 3 is 2.54 bits per heavy atom. The number of nitrogens with two attached hydrogens (primary N) is 1. The molecule has 13 heavy (non-hydrogen) atoms. The summed E-state index contributed by atoms with van der Waals surface area (Å²) in [6, 6.07) is 7.00. The van der Waals surface area contributed by atoms with Crippen molar-refractivity contribution in [2.75, 3.05) is 12.1 Å². The van der Waals surface area contributed by atoms with Gasteiger partial charge in [0.25, 0.3) is 0 Å². The van der Waals surface area contributed by atoms with E-state index < -0.39 is 0 Å². The summed E-state index contributed by atoms with van der Waals surface area (Å²) in [5, 5.41) is 1.19. The van der Waals surface area contributed by atoms with Crippen LogP contribution in [0, 0.1) is 0 Å². The zero-order valence-corrected chi connectivity index (χ0v) is 7.23. The fraction of sp³-hybridized carbons (Fsp3) is 0.111. The second-order valence-corrected chi connectivity index (χ2v) is 2.35. The number of nitrogens with zero attached hydrogens (tertiary/aromatic N) is 1. The Balaban J connectivity index is 2.85. The normalized spacial score (nSPS) is 8.77. The van der Waals surface area contributed by atoms with Crippen LogP contribution in [-0.4, -0.2) is 13.1 Å². The number of anilines is 1. The molecule has 1 aromatic carbocycles. The third-order valence-corrected chi connectivity index (χ3v) is 1.56. The average molecular weight is 178 g/mol. The predicted molar refractivity (Wildman–Crippen MR) is 49.9 cm³/mol. The van der Waals surface area contributed by atoms with E-state index in [2.05, 4.69) is 0 Å². The summed E-state index contributed by atoms with van der Waals surface area (Å²) in [6.45, 7) is 0. The molecule has 2 N–H and O–H groups in total. The minimum absolute atomic E-state index is 0.698. The van der Waals surface area contributed by atoms with Crippen molar-refractivity contribution in [2.24, 2.45) is 5.84 Å². The van der Waals surface area contributed by atoms with Gasteiger partial charge in [0.1, 0.15) is 17.9 Å². The Morgan fingerprint density at radius 1 is 1.46 bits per heavy atom. The maximum absolute atomic E-state index is 9.98. The van der Waals surface area contributed by atoms with E-state index in [0.29, 0.717) is 5.69 Å². The van der Waals surface area contributed by atoms with Crippen LogP contribution in [0.15, 0.2) is 30.5 Å². The van der Waals surface area contributed by atoms with Crippen LogP contribution in [-0.2, 0) is 4.79 Å². The first kappa shape index (κ1) is 9.32. The van der Waals surface area contributed by atoms with Crippen molar-refractivity contribution in [3.05, 3.63) is 30.5 Å². The molecular weight excluding hydrogens is 168 g/mol. The average Bonchev–Trinajstić information content (AvgIpc) is 2.18. The molecule has 0 aromatic heterocycles. The van der Waals surface area contributed by atoms with Gasteiger partial charge in [-0.2, -0.15) is 0 Å². The minimum atomic E-state index is 0.698. The van der Waals surface area contributed by atoms with Crippen LogP contribution in [0.5, 0.6) is 5.75 Å². The van der Waals surface area contributed by atoms with E-state index in [1.165, 1.54) is 5.01 Å². The van der Waals surface area contributed by atoms with E-state index in [9.17, 15) is 4.79 Å². The summed E-state index contributed by atoms with van der Waals surface area (Å²) < 4.78 is 4.96. The van der Waals surface area contributed by atoms with Crippen molar-refractivity contribution in [2.45, 2.75) is 0 Å². The molecular formula is C9H10N2O2. The topological polar surface area (TPSA) is 55.6 Å². The monoisotopic (exact) mass is 178 g/mol. The lowest BCUT2D eigenvalue weighted by molar-refractivity contribution is 0.415. The Hall–Kier alpha value is -1.77. The van der Waals surface area contributed by atoms with Gasteiger partial charge >= 0.3 is 0 Å². The molecule has 0 heterocycles. The molecule has 0 bridgehead atoms. The molecule has 0 spiro atoms. The number of benzene rings is 1. The third-order valence-electron chi connectivity index (χ3n) is 1.56. The van der Waals surface area contributed by atoms with Crippen LogP contribution >= 0.6 is 0 Å². The Labute approximate surface area is 76.2 Å². The van der Waals surface area contributed by atoms with Crippen LogP contribution in [0.1, 0.15) is 0 Å². The first-order chi connectivity index (χ1) is 6.27. The number of hydrogen-bond acceptors (Lipinski definition) is 4. The molecule has 0 fully saturated rings. The first-order valence-electron chi connectivity index (χ1n) is 3.67. The van der Waals surface area contributed by atoms with Crippen molar-refractivity contribution in [1.82, 2.24) is 0 Å². The molecule has 4 heteroatoms. The molecule has 0 atom stereocenters. The van der Waals surface area contributed by atoms with Crippen LogP contribution in [0.3, 0.4) is 0 Å². The van der Waals surface area contributed by atoms with Gasteiger partial charge < -0.3 is 4.74 Å². The van der Waals surface area contributed by atoms with Gasteiger partial charge in [-0.05, 0) is 24.3 Å². The van der Waals surface area contributed by atoms with Gasteiger partial charge in [0.05, 0.1) is 12.8 Å². The number of hydrazine groups is 1. The van der Waals surface area contributed by atoms with Crippen LogP contribution in [0.25, 0.3) is 0 Å². The van der Waals surface area contributed by atoms with E-state index in [0.717, 1.165) is 11.9 Å². The summed E-state index contributed by atoms with van der Waals surface area (Å²) in [5.41, 5.74) is 0.698. The van der Waals surface area contributed by atoms with E-state index in [4.69, 9.17) is 10.6 Å². The lowest BCUT2D eigenvalue weighted by Crippen LogP contribution is -2.23. The molecule has 1 rings (SSSR count). The fourth-order valence-corrected chi connectivity index (χ4v) is 0.886. The third kappa shape index (κ3) is 2.33. The summed E-state index contributed by atoms with van der Waals surface area (Å²) in [6.07, 6.45) is 1.11. The zero-order chi connectivity index (χ0) is 9.68. The Bertz CT molecular complexity index is 315. The molecule has 0 aliphatic rings. The molecule has 0 saturated carbocycles. The van der Waals surface area contributed by atoms with Gasteiger partial charge in [-0.3, -0.25) is 5.01 Å². The number of methoxy groups -OCH3 is 1. The van der Waals surface area contributed by atoms with E-state index in [1.54, 1.807) is 37.3 Å². The second-order valence-electron chi connectivity index (χ2n) is 2.35. The van der Waals surface area contributed by atoms with Gasteiger partial charge in [-0.1, -0.05) is 0 Å². The van der Waals surface area contributed by atoms with Crippen molar-refractivity contribution in [3.63, 3.8) is 0 Å². The zero-order valence-electron chi connectivity index (χ0n) is 7.23. The van der Waals surface area contributed by atoms with Crippen LogP contribution in [0.2, 0.25) is 0 Å². The maximum atomic E-state index is 9.98. The van der Waals surface area contributed by atoms with Gasteiger partial charge in [0.2, 0.25) is 0 Å². The van der Waals surface area contributed by atoms with Crippen LogP contribution < -0.4 is 15.6 Å². The lowest BCUT2D eigenvalue weighted by Gasteiger charge is -2.11. The molecule has 0 aliphatic heterocycles. The van der Waals surface area contributed by atoms with Crippen molar-refractivity contribution < 1.29 is 9.53 Å². The molecule has 0 radical (unpaired) electrons. The summed E-state index contributed by atoms with van der Waals surface area (Å²) in [7, 11) is 1.58. The van der Waals surface area contributed by atoms with Crippen molar-refractivity contribution >= 4 is 11.6 Å². The number of rotatable bonds is 3. The van der Waals surface area contributed by atoms with Crippen molar-refractivity contribution in [3.8, 4) is 5.75 Å². The summed E-state index contributed by atoms with van der Waals surface area (Å²) in [5.74, 6) is 7.80. The molecule has 4 nitrogen and oxygen atoms in total. The number of carbonyl (C=O) groups excluding carboxylic acids is 1. The second kappa shape index (κ2) is 4.30. The Morgan fingerprint density at radius 2 is 2.08 bits per heavy atom. The molecule has 0 saturated heterocycles. The quantitative estimate of drug-likeness (QED) is 0.421. The molecule has 0 aliphatic carbocycles. The van der Waals surface area contributed by atoms with E-state index in [1.807, 2.05) is 0 Å². The molecule has 0 amide bonds. The van der Waals surface area contributed by atoms with Gasteiger partial charge in [-0.25, -0.2) is 10.6 Å². The van der Waals surface area contributed by atoms with Gasteiger partial charge in [0.15, 0.2) is 0 Å². The first-order valence-corrected chi connectivity index (χ1v) is 3.67. The maximum Gasteiger partial charge on any atom is 0.144 e. The minimum Gasteiger partial charge on any atom is -0.497 e. The largest absolute Gasteiger partial charge is 0.497 e. The smallest absolute Gasteiger partial charge is 0.144 e. The molecule has 0 unspecified atom stereocenters. The highest BCUT2D eigenvalue weighted by molar-refractivity contribution is 5.57. The number of ether oxygens (including phenoxy) is 1. The Kier molecular flexibility index (Phi) is 3.09. The van der Waals surface area contributed by atoms with Gasteiger partial charge in [0, 0.05) is 0 Å². The summed E-state index contributed by atoms with van der Waals surface area (Å²) >= 11 is 0. The molecule has 68 valence electrons. The molecule has 1 aromatic rings. The predicted octanol–water partition coefficient (Wildman–Crippen LogP) is 0.721. The SMILES string of the molecule is COc1ccc(N(N)C=C=O)cc1. The van der Waals surface area contributed by atoms with E-state index in [-0.39, 0.29) is 0 Å². The fourth-order valence-electron chi connectivity index (χ4n) is 0.886. The summed E-state index contributed by atoms with van der Waals surface area (Å²) in [4.78, 5) is 9.98. The van der Waals surface area contributed by atoms with E-state index >= 15 is 0 Å².